The lowest BCUT2D eigenvalue weighted by Crippen LogP contribution is -2.19. The van der Waals surface area contributed by atoms with Gasteiger partial charge >= 0.3 is 0 Å². The smallest absolute Gasteiger partial charge is 0.213 e. The number of hydrogen-bond acceptors (Lipinski definition) is 3. The van der Waals surface area contributed by atoms with Crippen molar-refractivity contribution >= 4 is 11.6 Å². The van der Waals surface area contributed by atoms with E-state index >= 15 is 0 Å². The zero-order chi connectivity index (χ0) is 15.1. The van der Waals surface area contributed by atoms with Gasteiger partial charge in [-0.25, -0.2) is 4.98 Å². The predicted molar refractivity (Wildman–Crippen MR) is 86.7 cm³/mol. The second-order valence-electron chi connectivity index (χ2n) is 5.02. The van der Waals surface area contributed by atoms with Crippen LogP contribution in [0.4, 0.5) is 0 Å². The average Bonchev–Trinajstić information content (AvgIpc) is 2.51. The van der Waals surface area contributed by atoms with Crippen LogP contribution in [0.3, 0.4) is 0 Å². The molecule has 112 valence electrons. The molecule has 1 aromatic heterocycles. The van der Waals surface area contributed by atoms with E-state index in [9.17, 15) is 0 Å². The van der Waals surface area contributed by atoms with Gasteiger partial charge < -0.3 is 10.1 Å². The van der Waals surface area contributed by atoms with E-state index in [1.54, 1.807) is 0 Å². The van der Waals surface area contributed by atoms with Crippen molar-refractivity contribution in [1.82, 2.24) is 10.3 Å². The fourth-order valence-electron chi connectivity index (χ4n) is 2.00. The summed E-state index contributed by atoms with van der Waals surface area (Å²) >= 11 is 5.95. The van der Waals surface area contributed by atoms with Gasteiger partial charge in [-0.15, -0.1) is 0 Å². The Balaban J connectivity index is 1.90. The van der Waals surface area contributed by atoms with Crippen LogP contribution in [0.15, 0.2) is 42.6 Å². The highest BCUT2D eigenvalue weighted by Crippen LogP contribution is 2.16. The molecule has 1 aromatic carbocycles. The first-order chi connectivity index (χ1) is 10.2. The summed E-state index contributed by atoms with van der Waals surface area (Å²) in [5.41, 5.74) is 2.20. The monoisotopic (exact) mass is 304 g/mol. The molecule has 4 heteroatoms. The Labute approximate surface area is 131 Å². The molecule has 0 saturated heterocycles. The first kappa shape index (κ1) is 15.8. The van der Waals surface area contributed by atoms with Crippen molar-refractivity contribution in [2.75, 3.05) is 6.54 Å². The Hall–Kier alpha value is -1.58. The first-order valence-electron chi connectivity index (χ1n) is 7.25. The SMILES string of the molecule is CCCNC(C)c1ccc(OCc2cccc(Cl)c2)nc1. The lowest BCUT2D eigenvalue weighted by Gasteiger charge is -2.13. The predicted octanol–water partition coefficient (Wildman–Crippen LogP) is 4.37. The van der Waals surface area contributed by atoms with Gasteiger partial charge in [-0.1, -0.05) is 36.7 Å². The molecular formula is C17H21ClN2O. The summed E-state index contributed by atoms with van der Waals surface area (Å²) in [7, 11) is 0. The summed E-state index contributed by atoms with van der Waals surface area (Å²) in [5.74, 6) is 0.626. The largest absolute Gasteiger partial charge is 0.473 e. The minimum atomic E-state index is 0.305. The minimum absolute atomic E-state index is 0.305. The van der Waals surface area contributed by atoms with Gasteiger partial charge in [0.15, 0.2) is 0 Å². The van der Waals surface area contributed by atoms with Crippen LogP contribution in [-0.4, -0.2) is 11.5 Å². The molecule has 1 N–H and O–H groups in total. The summed E-state index contributed by atoms with van der Waals surface area (Å²) in [6, 6.07) is 11.9. The van der Waals surface area contributed by atoms with Gasteiger partial charge in [0, 0.05) is 23.3 Å². The summed E-state index contributed by atoms with van der Waals surface area (Å²) in [6.07, 6.45) is 2.99. The molecule has 0 spiro atoms. The van der Waals surface area contributed by atoms with Crippen molar-refractivity contribution in [3.63, 3.8) is 0 Å². The molecule has 0 bridgehead atoms. The van der Waals surface area contributed by atoms with E-state index < -0.39 is 0 Å². The number of nitrogens with one attached hydrogen (secondary N) is 1. The minimum Gasteiger partial charge on any atom is -0.473 e. The van der Waals surface area contributed by atoms with E-state index in [2.05, 4.69) is 24.1 Å². The standard InChI is InChI=1S/C17H21ClN2O/c1-3-9-19-13(2)15-7-8-17(20-11-15)21-12-14-5-4-6-16(18)10-14/h4-8,10-11,13,19H,3,9,12H2,1-2H3. The number of pyridine rings is 1. The topological polar surface area (TPSA) is 34.1 Å². The van der Waals surface area contributed by atoms with E-state index in [1.165, 1.54) is 5.56 Å². The van der Waals surface area contributed by atoms with Gasteiger partial charge in [0.25, 0.3) is 0 Å². The number of nitrogens with zero attached hydrogens (tertiary/aromatic N) is 1. The third-order valence-electron chi connectivity index (χ3n) is 3.24. The van der Waals surface area contributed by atoms with Crippen LogP contribution in [0.25, 0.3) is 0 Å². The van der Waals surface area contributed by atoms with Crippen LogP contribution >= 0.6 is 11.6 Å². The van der Waals surface area contributed by atoms with Crippen LogP contribution in [-0.2, 0) is 6.61 Å². The zero-order valence-electron chi connectivity index (χ0n) is 12.5. The average molecular weight is 305 g/mol. The highest BCUT2D eigenvalue weighted by Gasteiger charge is 2.05. The van der Waals surface area contributed by atoms with Gasteiger partial charge in [-0.3, -0.25) is 0 Å². The molecule has 1 heterocycles. The van der Waals surface area contributed by atoms with E-state index in [-0.39, 0.29) is 0 Å². The van der Waals surface area contributed by atoms with Gasteiger partial charge in [0.2, 0.25) is 5.88 Å². The Bertz CT molecular complexity index is 557. The molecule has 2 rings (SSSR count). The number of rotatable bonds is 7. The lowest BCUT2D eigenvalue weighted by atomic mass is 10.1. The Morgan fingerprint density at radius 2 is 2.14 bits per heavy atom. The number of ether oxygens (including phenoxy) is 1. The van der Waals surface area contributed by atoms with Crippen LogP contribution in [0, 0.1) is 0 Å². The maximum absolute atomic E-state index is 5.95. The van der Waals surface area contributed by atoms with Crippen LogP contribution in [0.2, 0.25) is 5.02 Å². The van der Waals surface area contributed by atoms with Crippen molar-refractivity contribution in [1.29, 1.82) is 0 Å². The molecule has 0 fully saturated rings. The third-order valence-corrected chi connectivity index (χ3v) is 3.47. The van der Waals surface area contributed by atoms with Gasteiger partial charge in [-0.2, -0.15) is 0 Å². The fourth-order valence-corrected chi connectivity index (χ4v) is 2.21. The maximum Gasteiger partial charge on any atom is 0.213 e. The van der Waals surface area contributed by atoms with Crippen LogP contribution in [0.1, 0.15) is 37.4 Å². The Morgan fingerprint density at radius 3 is 2.81 bits per heavy atom. The first-order valence-corrected chi connectivity index (χ1v) is 7.63. The molecule has 0 saturated carbocycles. The molecule has 1 unspecified atom stereocenters. The molecule has 0 aliphatic rings. The van der Waals surface area contributed by atoms with Gasteiger partial charge in [0.05, 0.1) is 0 Å². The molecule has 21 heavy (non-hydrogen) atoms. The fraction of sp³-hybridized carbons (Fsp3) is 0.353. The number of benzene rings is 1. The summed E-state index contributed by atoms with van der Waals surface area (Å²) in [6.45, 7) is 5.77. The summed E-state index contributed by atoms with van der Waals surface area (Å²) < 4.78 is 5.67. The number of hydrogen-bond donors (Lipinski definition) is 1. The molecule has 3 nitrogen and oxygen atoms in total. The Morgan fingerprint density at radius 1 is 1.29 bits per heavy atom. The maximum atomic E-state index is 5.95. The second-order valence-corrected chi connectivity index (χ2v) is 5.46. The van der Waals surface area contributed by atoms with Crippen molar-refractivity contribution in [2.24, 2.45) is 0 Å². The van der Waals surface area contributed by atoms with E-state index in [0.29, 0.717) is 18.5 Å². The van der Waals surface area contributed by atoms with Crippen molar-refractivity contribution in [2.45, 2.75) is 32.9 Å². The molecule has 2 aromatic rings. The van der Waals surface area contributed by atoms with Gasteiger partial charge in [0.1, 0.15) is 6.61 Å². The Kier molecular flexibility index (Phi) is 6.03. The van der Waals surface area contributed by atoms with E-state index in [4.69, 9.17) is 16.3 Å². The summed E-state index contributed by atoms with van der Waals surface area (Å²) in [5, 5.41) is 4.15. The number of halogens is 1. The van der Waals surface area contributed by atoms with Crippen LogP contribution < -0.4 is 10.1 Å². The highest BCUT2D eigenvalue weighted by molar-refractivity contribution is 6.30. The van der Waals surface area contributed by atoms with Gasteiger partial charge in [-0.05, 0) is 43.1 Å². The highest BCUT2D eigenvalue weighted by atomic mass is 35.5. The zero-order valence-corrected chi connectivity index (χ0v) is 13.2. The molecule has 1 atom stereocenters. The third kappa shape index (κ3) is 5.03. The van der Waals surface area contributed by atoms with E-state index in [1.807, 2.05) is 42.6 Å². The second kappa shape index (κ2) is 8.01. The molecule has 0 amide bonds. The van der Waals surface area contributed by atoms with Crippen LogP contribution in [0.5, 0.6) is 5.88 Å². The van der Waals surface area contributed by atoms with E-state index in [0.717, 1.165) is 23.6 Å². The summed E-state index contributed by atoms with van der Waals surface area (Å²) in [4.78, 5) is 4.35. The van der Waals surface area contributed by atoms with Crippen molar-refractivity contribution in [3.8, 4) is 5.88 Å². The normalized spacial score (nSPS) is 12.1. The molecule has 0 radical (unpaired) electrons. The lowest BCUT2D eigenvalue weighted by molar-refractivity contribution is 0.293. The quantitative estimate of drug-likeness (QED) is 0.824. The molecule has 0 aliphatic carbocycles. The molecule has 0 aliphatic heterocycles. The number of aromatic nitrogens is 1. The van der Waals surface area contributed by atoms with Crippen molar-refractivity contribution in [3.05, 3.63) is 58.7 Å². The van der Waals surface area contributed by atoms with Crippen molar-refractivity contribution < 1.29 is 4.74 Å². The molecular weight excluding hydrogens is 284 g/mol.